The van der Waals surface area contributed by atoms with Gasteiger partial charge in [-0.3, -0.25) is 9.59 Å². The van der Waals surface area contributed by atoms with Crippen LogP contribution in [0.15, 0.2) is 0 Å². The minimum Gasteiger partial charge on any atom is -0.340 e. The van der Waals surface area contributed by atoms with Gasteiger partial charge in [-0.25, -0.2) is 0 Å². The van der Waals surface area contributed by atoms with Crippen molar-refractivity contribution in [3.63, 3.8) is 0 Å². The third-order valence-electron chi connectivity index (χ3n) is 4.83. The number of alkyl halides is 3. The van der Waals surface area contributed by atoms with Gasteiger partial charge in [0.15, 0.2) is 0 Å². The number of nitrogens with zero attached hydrogens (tertiary/aromatic N) is 1. The number of hydrogen-bond donors (Lipinski definition) is 1. The molecule has 1 saturated heterocycles. The summed E-state index contributed by atoms with van der Waals surface area (Å²) in [7, 11) is 0. The van der Waals surface area contributed by atoms with Gasteiger partial charge in [-0.05, 0) is 39.0 Å². The lowest BCUT2D eigenvalue weighted by molar-refractivity contribution is -0.170. The third-order valence-corrected chi connectivity index (χ3v) is 4.83. The van der Waals surface area contributed by atoms with Gasteiger partial charge in [0.1, 0.15) is 11.1 Å². The van der Waals surface area contributed by atoms with Gasteiger partial charge in [-0.1, -0.05) is 6.92 Å². The Hall–Kier alpha value is -1.27. The van der Waals surface area contributed by atoms with Gasteiger partial charge in [0.25, 0.3) is 0 Å². The van der Waals surface area contributed by atoms with E-state index in [1.54, 1.807) is 20.8 Å². The van der Waals surface area contributed by atoms with Gasteiger partial charge in [0.05, 0.1) is 6.42 Å². The predicted molar refractivity (Wildman–Crippen MR) is 70.4 cm³/mol. The van der Waals surface area contributed by atoms with E-state index >= 15 is 0 Å². The van der Waals surface area contributed by atoms with Crippen LogP contribution in [0.4, 0.5) is 13.2 Å². The third kappa shape index (κ3) is 2.74. The molecule has 2 fully saturated rings. The number of nitrogens with one attached hydrogen (secondary N) is 1. The molecule has 1 aliphatic carbocycles. The molecule has 0 spiro atoms. The topological polar surface area (TPSA) is 49.4 Å². The normalized spacial score (nSPS) is 34.1. The standard InChI is InChI=1S/C14H21F3N2O2/c1-4-12(2)11(21)19(8-7-14(15,16)17)13(3,9-5-6-9)10(20)18-12/h9H,4-8H2,1-3H3,(H,18,20). The molecule has 2 amide bonds. The van der Waals surface area contributed by atoms with Gasteiger partial charge in [0, 0.05) is 6.54 Å². The van der Waals surface area contributed by atoms with Gasteiger partial charge in [-0.15, -0.1) is 0 Å². The summed E-state index contributed by atoms with van der Waals surface area (Å²) in [5.74, 6) is -0.796. The van der Waals surface area contributed by atoms with Crippen molar-refractivity contribution in [1.29, 1.82) is 0 Å². The summed E-state index contributed by atoms with van der Waals surface area (Å²) in [5, 5.41) is 2.72. The molecular weight excluding hydrogens is 285 g/mol. The molecule has 0 aromatic carbocycles. The Kier molecular flexibility index (Phi) is 3.74. The fraction of sp³-hybridized carbons (Fsp3) is 0.857. The smallest absolute Gasteiger partial charge is 0.340 e. The summed E-state index contributed by atoms with van der Waals surface area (Å²) in [4.78, 5) is 26.3. The van der Waals surface area contributed by atoms with Crippen molar-refractivity contribution in [2.75, 3.05) is 6.54 Å². The predicted octanol–water partition coefficient (Wildman–Crippen LogP) is 2.23. The molecule has 0 bridgehead atoms. The summed E-state index contributed by atoms with van der Waals surface area (Å²) >= 11 is 0. The molecule has 2 aliphatic rings. The molecule has 2 atom stereocenters. The molecular formula is C14H21F3N2O2. The summed E-state index contributed by atoms with van der Waals surface area (Å²) in [6, 6.07) is 0. The van der Waals surface area contributed by atoms with Crippen molar-refractivity contribution in [2.45, 2.75) is 63.7 Å². The first kappa shape index (κ1) is 16.1. The zero-order chi connectivity index (χ0) is 16.1. The molecule has 4 nitrogen and oxygen atoms in total. The lowest BCUT2D eigenvalue weighted by atomic mass is 9.82. The van der Waals surface area contributed by atoms with E-state index < -0.39 is 36.1 Å². The van der Waals surface area contributed by atoms with Crippen LogP contribution >= 0.6 is 0 Å². The van der Waals surface area contributed by atoms with Crippen molar-refractivity contribution in [2.24, 2.45) is 5.92 Å². The van der Waals surface area contributed by atoms with E-state index in [2.05, 4.69) is 5.32 Å². The minimum atomic E-state index is -4.35. The lowest BCUT2D eigenvalue weighted by Gasteiger charge is -2.50. The van der Waals surface area contributed by atoms with Crippen molar-refractivity contribution in [3.05, 3.63) is 0 Å². The Morgan fingerprint density at radius 2 is 1.86 bits per heavy atom. The molecule has 1 aliphatic heterocycles. The van der Waals surface area contributed by atoms with E-state index in [9.17, 15) is 22.8 Å². The summed E-state index contributed by atoms with van der Waals surface area (Å²) in [6.45, 7) is 4.43. The zero-order valence-corrected chi connectivity index (χ0v) is 12.5. The monoisotopic (exact) mass is 306 g/mol. The molecule has 2 rings (SSSR count). The van der Waals surface area contributed by atoms with Crippen LogP contribution in [0.25, 0.3) is 0 Å². The lowest BCUT2D eigenvalue weighted by Crippen LogP contribution is -2.74. The number of amides is 2. The number of piperazine rings is 1. The highest BCUT2D eigenvalue weighted by Gasteiger charge is 2.59. The summed E-state index contributed by atoms with van der Waals surface area (Å²) in [5.41, 5.74) is -2.27. The molecule has 0 aromatic rings. The Balaban J connectivity index is 2.31. The quantitative estimate of drug-likeness (QED) is 0.866. The average Bonchev–Trinajstić information content (AvgIpc) is 3.19. The zero-order valence-electron chi connectivity index (χ0n) is 12.5. The van der Waals surface area contributed by atoms with E-state index in [1.165, 1.54) is 4.90 Å². The maximum Gasteiger partial charge on any atom is 0.390 e. The second-order valence-corrected chi connectivity index (χ2v) is 6.38. The SMILES string of the molecule is CCC1(C)NC(=O)C(C)(C2CC2)N(CCC(F)(F)F)C1=O. The molecule has 0 radical (unpaired) electrons. The first-order chi connectivity index (χ1) is 9.54. The molecule has 1 N–H and O–H groups in total. The summed E-state index contributed by atoms with van der Waals surface area (Å²) in [6.07, 6.45) is -3.55. The highest BCUT2D eigenvalue weighted by molar-refractivity contribution is 6.02. The van der Waals surface area contributed by atoms with E-state index in [0.717, 1.165) is 12.8 Å². The van der Waals surface area contributed by atoms with Crippen LogP contribution in [-0.4, -0.2) is 40.5 Å². The van der Waals surface area contributed by atoms with E-state index in [1.807, 2.05) is 0 Å². The second kappa shape index (κ2) is 4.88. The van der Waals surface area contributed by atoms with Crippen LogP contribution < -0.4 is 5.32 Å². The van der Waals surface area contributed by atoms with Crippen LogP contribution in [0.2, 0.25) is 0 Å². The maximum atomic E-state index is 12.6. The Morgan fingerprint density at radius 3 is 2.29 bits per heavy atom. The molecule has 120 valence electrons. The van der Waals surface area contributed by atoms with Crippen LogP contribution in [0, 0.1) is 5.92 Å². The van der Waals surface area contributed by atoms with Crippen LogP contribution in [0.5, 0.6) is 0 Å². The highest BCUT2D eigenvalue weighted by atomic mass is 19.4. The van der Waals surface area contributed by atoms with Gasteiger partial charge < -0.3 is 10.2 Å². The number of carbonyl (C=O) groups excluding carboxylic acids is 2. The molecule has 21 heavy (non-hydrogen) atoms. The van der Waals surface area contributed by atoms with Crippen LogP contribution in [0.1, 0.15) is 46.5 Å². The summed E-state index contributed by atoms with van der Waals surface area (Å²) < 4.78 is 37.6. The van der Waals surface area contributed by atoms with Crippen molar-refractivity contribution < 1.29 is 22.8 Å². The Bertz CT molecular complexity index is 462. The first-order valence-electron chi connectivity index (χ1n) is 7.26. The van der Waals surface area contributed by atoms with E-state index in [-0.39, 0.29) is 11.8 Å². The molecule has 0 aromatic heterocycles. The number of hydrogen-bond acceptors (Lipinski definition) is 2. The maximum absolute atomic E-state index is 12.6. The average molecular weight is 306 g/mol. The van der Waals surface area contributed by atoms with Gasteiger partial charge in [0.2, 0.25) is 11.8 Å². The van der Waals surface area contributed by atoms with E-state index in [0.29, 0.717) is 6.42 Å². The fourth-order valence-electron chi connectivity index (χ4n) is 2.93. The van der Waals surface area contributed by atoms with Crippen molar-refractivity contribution >= 4 is 11.8 Å². The first-order valence-corrected chi connectivity index (χ1v) is 7.26. The largest absolute Gasteiger partial charge is 0.390 e. The second-order valence-electron chi connectivity index (χ2n) is 6.38. The number of halogens is 3. The minimum absolute atomic E-state index is 0.0453. The number of rotatable bonds is 4. The highest BCUT2D eigenvalue weighted by Crippen LogP contribution is 2.46. The van der Waals surface area contributed by atoms with Crippen LogP contribution in [-0.2, 0) is 9.59 Å². The Labute approximate surface area is 122 Å². The fourth-order valence-corrected chi connectivity index (χ4v) is 2.93. The van der Waals surface area contributed by atoms with Gasteiger partial charge in [-0.2, -0.15) is 13.2 Å². The number of carbonyl (C=O) groups is 2. The van der Waals surface area contributed by atoms with Gasteiger partial charge >= 0.3 is 6.18 Å². The Morgan fingerprint density at radius 1 is 1.29 bits per heavy atom. The molecule has 1 saturated carbocycles. The van der Waals surface area contributed by atoms with E-state index in [4.69, 9.17) is 0 Å². The van der Waals surface area contributed by atoms with Crippen molar-refractivity contribution in [3.8, 4) is 0 Å². The molecule has 2 unspecified atom stereocenters. The molecule has 1 heterocycles. The molecule has 7 heteroatoms. The van der Waals surface area contributed by atoms with Crippen molar-refractivity contribution in [1.82, 2.24) is 10.2 Å². The van der Waals surface area contributed by atoms with Crippen LogP contribution in [0.3, 0.4) is 0 Å².